The van der Waals surface area contributed by atoms with E-state index in [0.717, 1.165) is 12.8 Å². The van der Waals surface area contributed by atoms with Gasteiger partial charge in [0.05, 0.1) is 5.66 Å². The SMILES string of the molecule is CC1CC[C@]1(N)NC(=O)OC(C)(C)C. The van der Waals surface area contributed by atoms with E-state index in [2.05, 4.69) is 5.32 Å². The highest BCUT2D eigenvalue weighted by atomic mass is 16.6. The molecule has 0 aromatic carbocycles. The van der Waals surface area contributed by atoms with Crippen molar-refractivity contribution >= 4 is 6.09 Å². The monoisotopic (exact) mass is 200 g/mol. The van der Waals surface area contributed by atoms with Crippen LogP contribution in [-0.4, -0.2) is 17.4 Å². The van der Waals surface area contributed by atoms with E-state index < -0.39 is 17.4 Å². The number of nitrogens with one attached hydrogen (secondary N) is 1. The van der Waals surface area contributed by atoms with Crippen LogP contribution < -0.4 is 11.1 Å². The molecule has 1 fully saturated rings. The molecule has 0 aromatic rings. The molecule has 1 aliphatic carbocycles. The largest absolute Gasteiger partial charge is 0.444 e. The summed E-state index contributed by atoms with van der Waals surface area (Å²) in [6.45, 7) is 7.53. The first kappa shape index (κ1) is 11.3. The summed E-state index contributed by atoms with van der Waals surface area (Å²) < 4.78 is 5.13. The van der Waals surface area contributed by atoms with Crippen LogP contribution in [-0.2, 0) is 4.74 Å². The summed E-state index contributed by atoms with van der Waals surface area (Å²) in [4.78, 5) is 11.4. The van der Waals surface area contributed by atoms with Crippen molar-refractivity contribution in [3.05, 3.63) is 0 Å². The first-order chi connectivity index (χ1) is 6.23. The Balaban J connectivity index is 2.41. The first-order valence-electron chi connectivity index (χ1n) is 5.03. The van der Waals surface area contributed by atoms with E-state index in [-0.39, 0.29) is 0 Å². The zero-order valence-corrected chi connectivity index (χ0v) is 9.39. The molecule has 0 heterocycles. The lowest BCUT2D eigenvalue weighted by Gasteiger charge is -2.45. The maximum atomic E-state index is 11.4. The van der Waals surface area contributed by atoms with Crippen LogP contribution in [0, 0.1) is 5.92 Å². The number of rotatable bonds is 1. The minimum Gasteiger partial charge on any atom is -0.444 e. The van der Waals surface area contributed by atoms with Crippen LogP contribution in [0.3, 0.4) is 0 Å². The van der Waals surface area contributed by atoms with Crippen molar-refractivity contribution in [1.29, 1.82) is 0 Å². The molecule has 4 nitrogen and oxygen atoms in total. The third kappa shape index (κ3) is 2.61. The molecule has 2 atom stereocenters. The number of carbonyl (C=O) groups is 1. The summed E-state index contributed by atoms with van der Waals surface area (Å²) >= 11 is 0. The van der Waals surface area contributed by atoms with Crippen molar-refractivity contribution in [1.82, 2.24) is 5.32 Å². The fourth-order valence-corrected chi connectivity index (χ4v) is 1.42. The second-order valence-electron chi connectivity index (χ2n) is 5.11. The summed E-state index contributed by atoms with van der Waals surface area (Å²) in [5, 5.41) is 2.72. The Morgan fingerprint density at radius 3 is 2.43 bits per heavy atom. The first-order valence-corrected chi connectivity index (χ1v) is 5.03. The summed E-state index contributed by atoms with van der Waals surface area (Å²) in [5.41, 5.74) is 4.94. The van der Waals surface area contributed by atoms with E-state index in [1.165, 1.54) is 0 Å². The van der Waals surface area contributed by atoms with Crippen molar-refractivity contribution in [2.24, 2.45) is 11.7 Å². The molecular weight excluding hydrogens is 180 g/mol. The van der Waals surface area contributed by atoms with Crippen LogP contribution in [0.4, 0.5) is 4.79 Å². The van der Waals surface area contributed by atoms with E-state index in [1.54, 1.807) is 0 Å². The molecule has 0 aromatic heterocycles. The molecule has 4 heteroatoms. The minimum atomic E-state index is -0.553. The van der Waals surface area contributed by atoms with Gasteiger partial charge in [0.25, 0.3) is 0 Å². The van der Waals surface area contributed by atoms with Gasteiger partial charge in [-0.1, -0.05) is 6.92 Å². The van der Waals surface area contributed by atoms with Gasteiger partial charge in [0, 0.05) is 0 Å². The van der Waals surface area contributed by atoms with Gasteiger partial charge < -0.3 is 15.8 Å². The second kappa shape index (κ2) is 3.42. The van der Waals surface area contributed by atoms with E-state index in [9.17, 15) is 4.79 Å². The maximum absolute atomic E-state index is 11.4. The summed E-state index contributed by atoms with van der Waals surface area (Å²) in [6, 6.07) is 0. The number of carbonyl (C=O) groups excluding carboxylic acids is 1. The molecular formula is C10H20N2O2. The molecule has 1 amide bonds. The number of hydrogen-bond acceptors (Lipinski definition) is 3. The maximum Gasteiger partial charge on any atom is 0.409 e. The lowest BCUT2D eigenvalue weighted by Crippen LogP contribution is -2.66. The third-order valence-corrected chi connectivity index (χ3v) is 2.60. The highest BCUT2D eigenvalue weighted by molar-refractivity contribution is 5.68. The standard InChI is InChI=1S/C10H20N2O2/c1-7-5-6-10(7,11)12-8(13)14-9(2,3)4/h7H,5-6,11H2,1-4H3,(H,12,13)/t7?,10-/m0/s1. The molecule has 1 unspecified atom stereocenters. The quantitative estimate of drug-likeness (QED) is 0.632. The van der Waals surface area contributed by atoms with Crippen LogP contribution in [0.15, 0.2) is 0 Å². The molecule has 0 aliphatic heterocycles. The predicted octanol–water partition coefficient (Wildman–Crippen LogP) is 1.60. The van der Waals surface area contributed by atoms with Gasteiger partial charge in [-0.25, -0.2) is 4.79 Å². The Labute approximate surface area is 85.2 Å². The van der Waals surface area contributed by atoms with Crippen LogP contribution in [0.1, 0.15) is 40.5 Å². The molecule has 0 radical (unpaired) electrons. The van der Waals surface area contributed by atoms with Gasteiger partial charge in [0.1, 0.15) is 5.60 Å². The van der Waals surface area contributed by atoms with Gasteiger partial charge in [0.15, 0.2) is 0 Å². The topological polar surface area (TPSA) is 64.3 Å². The number of nitrogens with two attached hydrogens (primary N) is 1. The summed E-state index contributed by atoms with van der Waals surface area (Å²) in [6.07, 6.45) is 1.46. The molecule has 1 aliphatic rings. The van der Waals surface area contributed by atoms with E-state index in [1.807, 2.05) is 27.7 Å². The number of hydrogen-bond donors (Lipinski definition) is 2. The molecule has 82 valence electrons. The lowest BCUT2D eigenvalue weighted by atomic mass is 9.75. The van der Waals surface area contributed by atoms with E-state index in [4.69, 9.17) is 10.5 Å². The normalized spacial score (nSPS) is 31.9. The van der Waals surface area contributed by atoms with Crippen LogP contribution in [0.2, 0.25) is 0 Å². The minimum absolute atomic E-state index is 0.329. The van der Waals surface area contributed by atoms with E-state index >= 15 is 0 Å². The van der Waals surface area contributed by atoms with Crippen molar-refractivity contribution in [3.63, 3.8) is 0 Å². The number of ether oxygens (including phenoxy) is 1. The second-order valence-corrected chi connectivity index (χ2v) is 5.11. The van der Waals surface area contributed by atoms with Crippen LogP contribution in [0.5, 0.6) is 0 Å². The lowest BCUT2D eigenvalue weighted by molar-refractivity contribution is 0.0274. The Bertz CT molecular complexity index is 235. The fraction of sp³-hybridized carbons (Fsp3) is 0.900. The molecule has 1 rings (SSSR count). The van der Waals surface area contributed by atoms with Gasteiger partial charge >= 0.3 is 6.09 Å². The Hall–Kier alpha value is -0.770. The summed E-state index contributed by atoms with van der Waals surface area (Å²) in [7, 11) is 0. The van der Waals surface area contributed by atoms with Crippen molar-refractivity contribution < 1.29 is 9.53 Å². The average Bonchev–Trinajstić information content (AvgIpc) is 1.98. The molecule has 3 N–H and O–H groups in total. The third-order valence-electron chi connectivity index (χ3n) is 2.60. The van der Waals surface area contributed by atoms with Crippen molar-refractivity contribution in [2.75, 3.05) is 0 Å². The fourth-order valence-electron chi connectivity index (χ4n) is 1.42. The van der Waals surface area contributed by atoms with Gasteiger partial charge in [-0.3, -0.25) is 0 Å². The highest BCUT2D eigenvalue weighted by Gasteiger charge is 2.42. The number of alkyl carbamates (subject to hydrolysis) is 1. The van der Waals surface area contributed by atoms with Crippen molar-refractivity contribution in [3.8, 4) is 0 Å². The predicted molar refractivity (Wildman–Crippen MR) is 54.7 cm³/mol. The van der Waals surface area contributed by atoms with Gasteiger partial charge in [0.2, 0.25) is 0 Å². The van der Waals surface area contributed by atoms with E-state index in [0.29, 0.717) is 5.92 Å². The number of amides is 1. The Morgan fingerprint density at radius 1 is 1.57 bits per heavy atom. The molecule has 0 spiro atoms. The van der Waals surface area contributed by atoms with Gasteiger partial charge in [-0.05, 0) is 39.5 Å². The van der Waals surface area contributed by atoms with Gasteiger partial charge in [-0.2, -0.15) is 0 Å². The molecule has 0 saturated heterocycles. The highest BCUT2D eigenvalue weighted by Crippen LogP contribution is 2.33. The van der Waals surface area contributed by atoms with Crippen molar-refractivity contribution in [2.45, 2.75) is 51.8 Å². The zero-order chi connectivity index (χ0) is 11.0. The smallest absolute Gasteiger partial charge is 0.409 e. The summed E-state index contributed by atoms with van der Waals surface area (Å²) in [5.74, 6) is 0.329. The average molecular weight is 200 g/mol. The molecule has 14 heavy (non-hydrogen) atoms. The van der Waals surface area contributed by atoms with Crippen LogP contribution in [0.25, 0.3) is 0 Å². The molecule has 1 saturated carbocycles. The zero-order valence-electron chi connectivity index (χ0n) is 9.39. The molecule has 0 bridgehead atoms. The Morgan fingerprint density at radius 2 is 2.14 bits per heavy atom. The Kier molecular flexibility index (Phi) is 2.76. The van der Waals surface area contributed by atoms with Crippen LogP contribution >= 0.6 is 0 Å². The van der Waals surface area contributed by atoms with Gasteiger partial charge in [-0.15, -0.1) is 0 Å².